The lowest BCUT2D eigenvalue weighted by molar-refractivity contribution is -0.141. The first kappa shape index (κ1) is 19.6. The lowest BCUT2D eigenvalue weighted by Gasteiger charge is -2.20. The molecule has 1 amide bonds. The predicted octanol–water partition coefficient (Wildman–Crippen LogP) is 3.96. The quantitative estimate of drug-likeness (QED) is 0.547. The number of esters is 1. The smallest absolute Gasteiger partial charge is 0.307 e. The van der Waals surface area contributed by atoms with E-state index in [-0.39, 0.29) is 24.3 Å². The molecule has 0 saturated heterocycles. The van der Waals surface area contributed by atoms with Gasteiger partial charge in [-0.1, -0.05) is 38.8 Å². The van der Waals surface area contributed by atoms with Crippen molar-refractivity contribution in [2.24, 2.45) is 5.92 Å². The Morgan fingerprint density at radius 2 is 1.87 bits per heavy atom. The van der Waals surface area contributed by atoms with E-state index in [1.54, 1.807) is 11.8 Å². The first-order chi connectivity index (χ1) is 11.0. The number of methoxy groups -OCH3 is 1. The van der Waals surface area contributed by atoms with Crippen molar-refractivity contribution >= 4 is 23.6 Å². The van der Waals surface area contributed by atoms with Gasteiger partial charge in [0.25, 0.3) is 0 Å². The third-order valence-corrected chi connectivity index (χ3v) is 4.51. The van der Waals surface area contributed by atoms with Gasteiger partial charge in [-0.25, -0.2) is 0 Å². The molecule has 0 spiro atoms. The largest absolute Gasteiger partial charge is 0.469 e. The summed E-state index contributed by atoms with van der Waals surface area (Å²) in [5, 5.41) is 2.98. The minimum absolute atomic E-state index is 0.0196. The first-order valence-electron chi connectivity index (χ1n) is 8.00. The van der Waals surface area contributed by atoms with E-state index in [0.29, 0.717) is 12.3 Å². The summed E-state index contributed by atoms with van der Waals surface area (Å²) in [6, 6.07) is 7.55. The van der Waals surface area contributed by atoms with Crippen molar-refractivity contribution in [1.82, 2.24) is 5.32 Å². The van der Waals surface area contributed by atoms with Gasteiger partial charge in [-0.2, -0.15) is 0 Å². The maximum atomic E-state index is 12.2. The number of benzene rings is 1. The van der Waals surface area contributed by atoms with Crippen LogP contribution in [0.2, 0.25) is 0 Å². The van der Waals surface area contributed by atoms with E-state index < -0.39 is 0 Å². The van der Waals surface area contributed by atoms with Crippen LogP contribution >= 0.6 is 11.8 Å². The molecule has 23 heavy (non-hydrogen) atoms. The van der Waals surface area contributed by atoms with E-state index in [9.17, 15) is 9.59 Å². The standard InChI is InChI=1S/C18H27NO3S/c1-5-6-13(2)11-17(20)19-16(12-18(21)22-3)14-7-9-15(23-4)10-8-14/h7-10,13,16H,5-6,11-12H2,1-4H3,(H,19,20). The van der Waals surface area contributed by atoms with E-state index in [4.69, 9.17) is 4.74 Å². The Labute approximate surface area is 143 Å². The normalized spacial score (nSPS) is 13.2. The summed E-state index contributed by atoms with van der Waals surface area (Å²) in [4.78, 5) is 25.0. The Morgan fingerprint density at radius 1 is 1.22 bits per heavy atom. The van der Waals surface area contributed by atoms with Crippen molar-refractivity contribution < 1.29 is 14.3 Å². The Bertz CT molecular complexity index is 501. The zero-order valence-corrected chi connectivity index (χ0v) is 15.2. The molecule has 4 nitrogen and oxygen atoms in total. The number of carbonyl (C=O) groups excluding carboxylic acids is 2. The van der Waals surface area contributed by atoms with Gasteiger partial charge in [-0.05, 0) is 29.9 Å². The minimum atomic E-state index is -0.348. The van der Waals surface area contributed by atoms with Crippen LogP contribution in [0.15, 0.2) is 29.2 Å². The van der Waals surface area contributed by atoms with Crippen LogP contribution in [0.4, 0.5) is 0 Å². The summed E-state index contributed by atoms with van der Waals surface area (Å²) in [5.41, 5.74) is 0.921. The fourth-order valence-electron chi connectivity index (χ4n) is 2.50. The van der Waals surface area contributed by atoms with Crippen molar-refractivity contribution in [3.63, 3.8) is 0 Å². The van der Waals surface area contributed by atoms with Crippen molar-refractivity contribution in [2.75, 3.05) is 13.4 Å². The lowest BCUT2D eigenvalue weighted by atomic mass is 10.00. The number of hydrogen-bond acceptors (Lipinski definition) is 4. The highest BCUT2D eigenvalue weighted by Crippen LogP contribution is 2.22. The summed E-state index contributed by atoms with van der Waals surface area (Å²) >= 11 is 1.66. The summed E-state index contributed by atoms with van der Waals surface area (Å²) in [6.07, 6.45) is 4.73. The van der Waals surface area contributed by atoms with Crippen molar-refractivity contribution in [3.8, 4) is 0 Å². The van der Waals surface area contributed by atoms with Crippen molar-refractivity contribution in [2.45, 2.75) is 50.5 Å². The fraction of sp³-hybridized carbons (Fsp3) is 0.556. The third kappa shape index (κ3) is 7.08. The van der Waals surface area contributed by atoms with Crippen LogP contribution in [0, 0.1) is 5.92 Å². The van der Waals surface area contributed by atoms with Crippen molar-refractivity contribution in [3.05, 3.63) is 29.8 Å². The Balaban J connectivity index is 2.78. The van der Waals surface area contributed by atoms with Gasteiger partial charge in [0.1, 0.15) is 0 Å². The van der Waals surface area contributed by atoms with E-state index in [1.165, 1.54) is 7.11 Å². The molecule has 2 atom stereocenters. The molecule has 0 bridgehead atoms. The van der Waals surface area contributed by atoms with Crippen LogP contribution in [0.25, 0.3) is 0 Å². The molecule has 1 rings (SSSR count). The highest BCUT2D eigenvalue weighted by molar-refractivity contribution is 7.98. The number of carbonyl (C=O) groups is 2. The molecule has 0 aliphatic heterocycles. The number of nitrogens with one attached hydrogen (secondary N) is 1. The van der Waals surface area contributed by atoms with Crippen LogP contribution < -0.4 is 5.32 Å². The molecular weight excluding hydrogens is 310 g/mol. The topological polar surface area (TPSA) is 55.4 Å². The average Bonchev–Trinajstić information content (AvgIpc) is 2.54. The van der Waals surface area contributed by atoms with E-state index >= 15 is 0 Å². The molecule has 0 heterocycles. The Morgan fingerprint density at radius 3 is 2.39 bits per heavy atom. The zero-order valence-electron chi connectivity index (χ0n) is 14.4. The van der Waals surface area contributed by atoms with Crippen LogP contribution in [0.5, 0.6) is 0 Å². The molecule has 0 radical (unpaired) electrons. The second-order valence-corrected chi connectivity index (χ2v) is 6.65. The molecule has 1 aromatic rings. The number of ether oxygens (including phenoxy) is 1. The second-order valence-electron chi connectivity index (χ2n) is 5.77. The highest BCUT2D eigenvalue weighted by atomic mass is 32.2. The SMILES string of the molecule is CCCC(C)CC(=O)NC(CC(=O)OC)c1ccc(SC)cc1. The predicted molar refractivity (Wildman–Crippen MR) is 94.4 cm³/mol. The summed E-state index contributed by atoms with van der Waals surface area (Å²) in [5.74, 6) is -0.00251. The monoisotopic (exact) mass is 337 g/mol. The maximum Gasteiger partial charge on any atom is 0.307 e. The molecule has 2 unspecified atom stereocenters. The van der Waals surface area contributed by atoms with Gasteiger partial charge >= 0.3 is 5.97 Å². The van der Waals surface area contributed by atoms with Gasteiger partial charge in [0.15, 0.2) is 0 Å². The first-order valence-corrected chi connectivity index (χ1v) is 9.22. The molecular formula is C18H27NO3S. The van der Waals surface area contributed by atoms with Gasteiger partial charge in [0.2, 0.25) is 5.91 Å². The summed E-state index contributed by atoms with van der Waals surface area (Å²) in [6.45, 7) is 4.19. The molecule has 0 aliphatic rings. The average molecular weight is 337 g/mol. The molecule has 0 aliphatic carbocycles. The second kappa shape index (κ2) is 10.3. The summed E-state index contributed by atoms with van der Waals surface area (Å²) < 4.78 is 4.75. The number of amides is 1. The van der Waals surface area contributed by atoms with E-state index in [1.807, 2.05) is 30.5 Å². The molecule has 1 N–H and O–H groups in total. The maximum absolute atomic E-state index is 12.2. The van der Waals surface area contributed by atoms with Gasteiger partial charge in [0, 0.05) is 11.3 Å². The minimum Gasteiger partial charge on any atom is -0.469 e. The fourth-order valence-corrected chi connectivity index (χ4v) is 2.91. The van der Waals surface area contributed by atoms with Crippen molar-refractivity contribution in [1.29, 1.82) is 0 Å². The van der Waals surface area contributed by atoms with Crippen LogP contribution in [0.3, 0.4) is 0 Å². The van der Waals surface area contributed by atoms with Gasteiger partial charge in [0.05, 0.1) is 19.6 Å². The van der Waals surface area contributed by atoms with Crippen LogP contribution in [0.1, 0.15) is 51.1 Å². The number of hydrogen-bond donors (Lipinski definition) is 1. The Hall–Kier alpha value is -1.49. The van der Waals surface area contributed by atoms with E-state index in [2.05, 4.69) is 19.2 Å². The third-order valence-electron chi connectivity index (χ3n) is 3.77. The molecule has 0 saturated carbocycles. The van der Waals surface area contributed by atoms with Gasteiger partial charge < -0.3 is 10.1 Å². The van der Waals surface area contributed by atoms with Crippen LogP contribution in [-0.4, -0.2) is 25.2 Å². The molecule has 0 aromatic heterocycles. The highest BCUT2D eigenvalue weighted by Gasteiger charge is 2.20. The summed E-state index contributed by atoms with van der Waals surface area (Å²) in [7, 11) is 1.36. The molecule has 5 heteroatoms. The Kier molecular flexibility index (Phi) is 8.77. The number of thioether (sulfide) groups is 1. The number of rotatable bonds is 9. The van der Waals surface area contributed by atoms with E-state index in [0.717, 1.165) is 23.3 Å². The lowest BCUT2D eigenvalue weighted by Crippen LogP contribution is -2.31. The molecule has 0 fully saturated rings. The molecule has 1 aromatic carbocycles. The van der Waals surface area contributed by atoms with Gasteiger partial charge in [-0.3, -0.25) is 9.59 Å². The zero-order chi connectivity index (χ0) is 17.2. The molecule has 128 valence electrons. The van der Waals surface area contributed by atoms with Gasteiger partial charge in [-0.15, -0.1) is 11.8 Å². The van der Waals surface area contributed by atoms with Crippen LogP contribution in [-0.2, 0) is 14.3 Å².